The van der Waals surface area contributed by atoms with Crippen molar-refractivity contribution in [3.05, 3.63) is 83.2 Å². The molecule has 3 aromatic carbocycles. The molecule has 1 N–H and O–H groups in total. The van der Waals surface area contributed by atoms with Gasteiger partial charge in [-0.3, -0.25) is 4.79 Å². The molecular weight excluding hydrogens is 283 g/mol. The number of halogens is 1. The number of hydrogen-bond acceptors (Lipinski definition) is 2. The van der Waals surface area contributed by atoms with Gasteiger partial charge in [-0.15, -0.1) is 0 Å². The van der Waals surface area contributed by atoms with Crippen LogP contribution in [0.1, 0.15) is 26.3 Å². The summed E-state index contributed by atoms with van der Waals surface area (Å²) in [6.45, 7) is 0. The van der Waals surface area contributed by atoms with E-state index in [1.165, 1.54) is 12.1 Å². The number of aromatic carboxylic acids is 1. The number of benzene rings is 3. The highest BCUT2D eigenvalue weighted by molar-refractivity contribution is 6.15. The maximum Gasteiger partial charge on any atom is 0.336 e. The van der Waals surface area contributed by atoms with Crippen LogP contribution in [0.25, 0.3) is 10.8 Å². The third-order valence-corrected chi connectivity index (χ3v) is 3.48. The lowest BCUT2D eigenvalue weighted by Crippen LogP contribution is -2.12. The van der Waals surface area contributed by atoms with E-state index in [0.29, 0.717) is 0 Å². The molecule has 0 saturated heterocycles. The molecule has 0 amide bonds. The highest BCUT2D eigenvalue weighted by atomic mass is 19.1. The molecular formula is C18H11FO3. The Labute approximate surface area is 125 Å². The summed E-state index contributed by atoms with van der Waals surface area (Å²) in [4.78, 5) is 23.7. The molecule has 0 bridgehead atoms. The van der Waals surface area contributed by atoms with Crippen LogP contribution in [0.3, 0.4) is 0 Å². The smallest absolute Gasteiger partial charge is 0.336 e. The van der Waals surface area contributed by atoms with Crippen LogP contribution >= 0.6 is 0 Å². The number of carbonyl (C=O) groups is 2. The molecule has 0 heterocycles. The van der Waals surface area contributed by atoms with Crippen molar-refractivity contribution in [2.24, 2.45) is 0 Å². The number of carboxylic acid groups (broad SMARTS) is 1. The van der Waals surface area contributed by atoms with E-state index >= 15 is 0 Å². The van der Waals surface area contributed by atoms with Gasteiger partial charge in [-0.2, -0.15) is 0 Å². The predicted octanol–water partition coefficient (Wildman–Crippen LogP) is 3.91. The Balaban J connectivity index is 2.16. The lowest BCUT2D eigenvalue weighted by atomic mass is 9.96. The molecule has 0 aromatic heterocycles. The van der Waals surface area contributed by atoms with E-state index in [1.54, 1.807) is 18.2 Å². The molecule has 4 heteroatoms. The summed E-state index contributed by atoms with van der Waals surface area (Å²) in [5.74, 6) is -2.80. The van der Waals surface area contributed by atoms with Gasteiger partial charge in [-0.05, 0) is 29.0 Å². The molecule has 0 spiro atoms. The fourth-order valence-electron chi connectivity index (χ4n) is 2.41. The van der Waals surface area contributed by atoms with Crippen molar-refractivity contribution in [3.8, 4) is 0 Å². The van der Waals surface area contributed by atoms with Crippen LogP contribution < -0.4 is 0 Å². The van der Waals surface area contributed by atoms with Crippen molar-refractivity contribution in [1.82, 2.24) is 0 Å². The number of fused-ring (bicyclic) bond motifs is 1. The van der Waals surface area contributed by atoms with Crippen molar-refractivity contribution in [2.75, 3.05) is 0 Å². The second kappa shape index (κ2) is 5.41. The fourth-order valence-corrected chi connectivity index (χ4v) is 2.41. The summed E-state index contributed by atoms with van der Waals surface area (Å²) in [7, 11) is 0. The van der Waals surface area contributed by atoms with E-state index in [1.807, 2.05) is 24.3 Å². The zero-order chi connectivity index (χ0) is 15.7. The summed E-state index contributed by atoms with van der Waals surface area (Å²) in [5.41, 5.74) is -0.491. The number of carbonyl (C=O) groups excluding carboxylic acids is 1. The fraction of sp³-hybridized carbons (Fsp3) is 0. The van der Waals surface area contributed by atoms with Crippen LogP contribution in [0.5, 0.6) is 0 Å². The highest BCUT2D eigenvalue weighted by Crippen LogP contribution is 2.22. The Morgan fingerprint density at radius 2 is 1.59 bits per heavy atom. The number of rotatable bonds is 3. The third kappa shape index (κ3) is 2.35. The summed E-state index contributed by atoms with van der Waals surface area (Å²) >= 11 is 0. The highest BCUT2D eigenvalue weighted by Gasteiger charge is 2.22. The lowest BCUT2D eigenvalue weighted by molar-refractivity contribution is 0.0692. The Morgan fingerprint density at radius 1 is 0.864 bits per heavy atom. The van der Waals surface area contributed by atoms with E-state index in [0.717, 1.165) is 16.8 Å². The average molecular weight is 294 g/mol. The van der Waals surface area contributed by atoms with Crippen molar-refractivity contribution in [3.63, 3.8) is 0 Å². The van der Waals surface area contributed by atoms with Gasteiger partial charge in [-0.1, -0.05) is 42.5 Å². The van der Waals surface area contributed by atoms with Gasteiger partial charge in [0.2, 0.25) is 0 Å². The van der Waals surface area contributed by atoms with Gasteiger partial charge in [0, 0.05) is 5.56 Å². The molecule has 0 aliphatic heterocycles. The normalized spacial score (nSPS) is 10.6. The van der Waals surface area contributed by atoms with Gasteiger partial charge in [0.05, 0.1) is 11.1 Å². The zero-order valence-electron chi connectivity index (χ0n) is 11.4. The standard InChI is InChI=1S/C18H11FO3/c19-15-7-3-6-14(18(21)22)16(15)17(20)13-9-8-11-4-1-2-5-12(11)10-13/h1-10H,(H,21,22). The maximum atomic E-state index is 14.0. The molecule has 0 unspecified atom stereocenters. The molecule has 3 aromatic rings. The first kappa shape index (κ1) is 13.9. The quantitative estimate of drug-likeness (QED) is 0.745. The summed E-state index contributed by atoms with van der Waals surface area (Å²) < 4.78 is 14.0. The van der Waals surface area contributed by atoms with Crippen molar-refractivity contribution < 1.29 is 19.1 Å². The minimum absolute atomic E-state index is 0.256. The van der Waals surface area contributed by atoms with Gasteiger partial charge in [0.1, 0.15) is 5.82 Å². The number of hydrogen-bond donors (Lipinski definition) is 1. The second-order valence-electron chi connectivity index (χ2n) is 4.86. The first-order valence-electron chi connectivity index (χ1n) is 6.63. The van der Waals surface area contributed by atoms with Crippen molar-refractivity contribution in [2.45, 2.75) is 0 Å². The van der Waals surface area contributed by atoms with Crippen LogP contribution in [0, 0.1) is 5.82 Å². The Morgan fingerprint density at radius 3 is 2.32 bits per heavy atom. The molecule has 108 valence electrons. The summed E-state index contributed by atoms with van der Waals surface area (Å²) in [5, 5.41) is 10.9. The molecule has 3 rings (SSSR count). The monoisotopic (exact) mass is 294 g/mol. The molecule has 0 fully saturated rings. The van der Waals surface area contributed by atoms with Crippen LogP contribution in [-0.2, 0) is 0 Å². The topological polar surface area (TPSA) is 54.4 Å². The van der Waals surface area contributed by atoms with Crippen LogP contribution in [0.2, 0.25) is 0 Å². The van der Waals surface area contributed by atoms with E-state index in [9.17, 15) is 14.0 Å². The molecule has 0 aliphatic rings. The van der Waals surface area contributed by atoms with Crippen molar-refractivity contribution >= 4 is 22.5 Å². The summed E-state index contributed by atoms with van der Waals surface area (Å²) in [6.07, 6.45) is 0. The molecule has 0 radical (unpaired) electrons. The largest absolute Gasteiger partial charge is 0.478 e. The number of carboxylic acids is 1. The SMILES string of the molecule is O=C(O)c1cccc(F)c1C(=O)c1ccc2ccccc2c1. The molecule has 0 aliphatic carbocycles. The molecule has 22 heavy (non-hydrogen) atoms. The van der Waals surface area contributed by atoms with E-state index < -0.39 is 23.1 Å². The third-order valence-electron chi connectivity index (χ3n) is 3.48. The molecule has 3 nitrogen and oxygen atoms in total. The first-order valence-corrected chi connectivity index (χ1v) is 6.63. The average Bonchev–Trinajstić information content (AvgIpc) is 2.53. The Hall–Kier alpha value is -3.01. The minimum Gasteiger partial charge on any atom is -0.478 e. The van der Waals surface area contributed by atoms with Crippen LogP contribution in [0.15, 0.2) is 60.7 Å². The number of ketones is 1. The van der Waals surface area contributed by atoms with Crippen molar-refractivity contribution in [1.29, 1.82) is 0 Å². The second-order valence-corrected chi connectivity index (χ2v) is 4.86. The Kier molecular flexibility index (Phi) is 3.43. The van der Waals surface area contributed by atoms with E-state index in [4.69, 9.17) is 5.11 Å². The van der Waals surface area contributed by atoms with Gasteiger partial charge in [-0.25, -0.2) is 9.18 Å². The van der Waals surface area contributed by atoms with Gasteiger partial charge in [0.15, 0.2) is 5.78 Å². The predicted molar refractivity (Wildman–Crippen MR) is 80.7 cm³/mol. The van der Waals surface area contributed by atoms with E-state index in [-0.39, 0.29) is 11.1 Å². The van der Waals surface area contributed by atoms with Crippen LogP contribution in [-0.4, -0.2) is 16.9 Å². The summed E-state index contributed by atoms with van der Waals surface area (Å²) in [6, 6.07) is 16.0. The lowest BCUT2D eigenvalue weighted by Gasteiger charge is -2.07. The minimum atomic E-state index is -1.33. The van der Waals surface area contributed by atoms with Gasteiger partial charge < -0.3 is 5.11 Å². The molecule has 0 atom stereocenters. The first-order chi connectivity index (χ1) is 10.6. The van der Waals surface area contributed by atoms with E-state index in [2.05, 4.69) is 0 Å². The Bertz CT molecular complexity index is 900. The van der Waals surface area contributed by atoms with Gasteiger partial charge >= 0.3 is 5.97 Å². The zero-order valence-corrected chi connectivity index (χ0v) is 11.4. The van der Waals surface area contributed by atoms with Gasteiger partial charge in [0.25, 0.3) is 0 Å². The maximum absolute atomic E-state index is 14.0. The molecule has 0 saturated carbocycles. The van der Waals surface area contributed by atoms with Crippen LogP contribution in [0.4, 0.5) is 4.39 Å².